The van der Waals surface area contributed by atoms with Gasteiger partial charge in [0.15, 0.2) is 0 Å². The quantitative estimate of drug-likeness (QED) is 0.843. The van der Waals surface area contributed by atoms with Crippen LogP contribution in [-0.2, 0) is 0 Å². The Morgan fingerprint density at radius 2 is 2.06 bits per heavy atom. The van der Waals surface area contributed by atoms with Crippen molar-refractivity contribution in [2.24, 2.45) is 11.1 Å². The van der Waals surface area contributed by atoms with Crippen molar-refractivity contribution in [3.8, 4) is 0 Å². The lowest BCUT2D eigenvalue weighted by Gasteiger charge is -2.49. The Kier molecular flexibility index (Phi) is 4.32. The largest absolute Gasteiger partial charge is 0.329 e. The molecule has 2 heterocycles. The Labute approximate surface area is 116 Å². The number of likely N-dealkylation sites (N-methyl/N-ethyl adjacent to an activating group) is 1. The molecule has 2 aliphatic heterocycles. The molecule has 2 atom stereocenters. The first-order valence-electron chi connectivity index (χ1n) is 7.08. The number of hydrogen-bond acceptors (Lipinski definition) is 4. The van der Waals surface area contributed by atoms with Gasteiger partial charge >= 0.3 is 0 Å². The molecule has 0 amide bonds. The maximum Gasteiger partial charge on any atom is 0.0427 e. The summed E-state index contributed by atoms with van der Waals surface area (Å²) >= 11 is 2.09. The van der Waals surface area contributed by atoms with Gasteiger partial charge in [0.2, 0.25) is 0 Å². The monoisotopic (exact) mass is 271 g/mol. The van der Waals surface area contributed by atoms with Gasteiger partial charge in [-0.3, -0.25) is 4.90 Å². The van der Waals surface area contributed by atoms with Crippen LogP contribution in [0.25, 0.3) is 0 Å². The van der Waals surface area contributed by atoms with Gasteiger partial charge in [-0.2, -0.15) is 11.8 Å². The molecule has 2 rings (SSSR count). The Morgan fingerprint density at radius 3 is 2.56 bits per heavy atom. The minimum atomic E-state index is 0.247. The predicted octanol–water partition coefficient (Wildman–Crippen LogP) is 1.48. The maximum absolute atomic E-state index is 6.19. The standard InChI is InChI=1S/C14H29N3S/c1-13(2)8-14(9-15,11-18-10-13)17-6-5-12(7-17)16(3)4/h12H,5-11,15H2,1-4H3. The van der Waals surface area contributed by atoms with Crippen molar-refractivity contribution in [2.75, 3.05) is 45.2 Å². The Bertz CT molecular complexity index is 293. The van der Waals surface area contributed by atoms with Crippen molar-refractivity contribution in [2.45, 2.75) is 38.3 Å². The van der Waals surface area contributed by atoms with Gasteiger partial charge in [0, 0.05) is 37.0 Å². The second-order valence-electron chi connectivity index (χ2n) is 7.11. The molecule has 106 valence electrons. The van der Waals surface area contributed by atoms with Crippen molar-refractivity contribution in [3.63, 3.8) is 0 Å². The molecule has 0 spiro atoms. The van der Waals surface area contributed by atoms with Crippen molar-refractivity contribution in [3.05, 3.63) is 0 Å². The molecule has 0 aromatic heterocycles. The summed E-state index contributed by atoms with van der Waals surface area (Å²) in [5.41, 5.74) is 6.87. The molecule has 3 nitrogen and oxygen atoms in total. The summed E-state index contributed by atoms with van der Waals surface area (Å²) in [6, 6.07) is 0.712. The Hall–Kier alpha value is 0.230. The van der Waals surface area contributed by atoms with Crippen LogP contribution in [0.1, 0.15) is 26.7 Å². The van der Waals surface area contributed by atoms with Crippen LogP contribution >= 0.6 is 11.8 Å². The van der Waals surface area contributed by atoms with Crippen LogP contribution in [0.4, 0.5) is 0 Å². The summed E-state index contributed by atoms with van der Waals surface area (Å²) in [4.78, 5) is 5.05. The lowest BCUT2D eigenvalue weighted by atomic mass is 9.79. The van der Waals surface area contributed by atoms with E-state index in [9.17, 15) is 0 Å². The van der Waals surface area contributed by atoms with E-state index in [4.69, 9.17) is 5.73 Å². The van der Waals surface area contributed by atoms with Crippen molar-refractivity contribution in [1.82, 2.24) is 9.80 Å². The third-order valence-corrected chi connectivity index (χ3v) is 6.34. The van der Waals surface area contributed by atoms with Gasteiger partial charge < -0.3 is 10.6 Å². The molecule has 0 aliphatic carbocycles. The van der Waals surface area contributed by atoms with Crippen LogP contribution < -0.4 is 5.73 Å². The average molecular weight is 271 g/mol. The van der Waals surface area contributed by atoms with Gasteiger partial charge in [0.25, 0.3) is 0 Å². The van der Waals surface area contributed by atoms with Gasteiger partial charge in [-0.25, -0.2) is 0 Å². The van der Waals surface area contributed by atoms with E-state index in [0.717, 1.165) is 6.54 Å². The zero-order valence-electron chi connectivity index (χ0n) is 12.4. The fourth-order valence-corrected chi connectivity index (χ4v) is 5.11. The van der Waals surface area contributed by atoms with E-state index in [1.54, 1.807) is 0 Å². The number of rotatable bonds is 3. The SMILES string of the molecule is CN(C)C1CCN(C2(CN)CSCC(C)(C)C2)C1. The molecular formula is C14H29N3S. The Morgan fingerprint density at radius 1 is 1.33 bits per heavy atom. The van der Waals surface area contributed by atoms with Crippen molar-refractivity contribution in [1.29, 1.82) is 0 Å². The molecule has 0 aromatic rings. The number of nitrogens with zero attached hydrogens (tertiary/aromatic N) is 2. The minimum absolute atomic E-state index is 0.247. The van der Waals surface area contributed by atoms with Crippen LogP contribution in [0, 0.1) is 5.41 Å². The van der Waals surface area contributed by atoms with Gasteiger partial charge in [0.1, 0.15) is 0 Å². The highest BCUT2D eigenvalue weighted by Gasteiger charge is 2.45. The van der Waals surface area contributed by atoms with Crippen LogP contribution in [-0.4, -0.2) is 66.6 Å². The third kappa shape index (κ3) is 2.87. The van der Waals surface area contributed by atoms with Crippen LogP contribution in [0.3, 0.4) is 0 Å². The van der Waals surface area contributed by atoms with E-state index in [1.165, 1.54) is 37.4 Å². The number of thioether (sulfide) groups is 1. The van der Waals surface area contributed by atoms with E-state index < -0.39 is 0 Å². The molecule has 0 bridgehead atoms. The normalized spacial score (nSPS) is 37.3. The maximum atomic E-state index is 6.19. The zero-order valence-corrected chi connectivity index (χ0v) is 13.2. The van der Waals surface area contributed by atoms with Crippen molar-refractivity contribution < 1.29 is 0 Å². The summed E-state index contributed by atoms with van der Waals surface area (Å²) in [6.07, 6.45) is 2.55. The third-order valence-electron chi connectivity index (χ3n) is 4.62. The molecule has 2 unspecified atom stereocenters. The second-order valence-corrected chi connectivity index (χ2v) is 8.10. The summed E-state index contributed by atoms with van der Waals surface area (Å²) < 4.78 is 0. The highest BCUT2D eigenvalue weighted by atomic mass is 32.2. The topological polar surface area (TPSA) is 32.5 Å². The number of hydrogen-bond donors (Lipinski definition) is 1. The highest BCUT2D eigenvalue weighted by Crippen LogP contribution is 2.43. The fraction of sp³-hybridized carbons (Fsp3) is 1.00. The van der Waals surface area contributed by atoms with E-state index in [1.807, 2.05) is 0 Å². The summed E-state index contributed by atoms with van der Waals surface area (Å²) in [7, 11) is 4.39. The molecule has 18 heavy (non-hydrogen) atoms. The molecule has 0 aromatic carbocycles. The smallest absolute Gasteiger partial charge is 0.0427 e. The number of likely N-dealkylation sites (tertiary alicyclic amines) is 1. The van der Waals surface area contributed by atoms with E-state index in [0.29, 0.717) is 11.5 Å². The van der Waals surface area contributed by atoms with Crippen LogP contribution in [0.15, 0.2) is 0 Å². The summed E-state index contributed by atoms with van der Waals surface area (Å²) in [5.74, 6) is 2.49. The van der Waals surface area contributed by atoms with Gasteiger partial charge in [-0.05, 0) is 38.1 Å². The molecular weight excluding hydrogens is 242 g/mol. The van der Waals surface area contributed by atoms with Crippen LogP contribution in [0.5, 0.6) is 0 Å². The predicted molar refractivity (Wildman–Crippen MR) is 81.2 cm³/mol. The molecule has 2 aliphatic rings. The van der Waals surface area contributed by atoms with E-state index >= 15 is 0 Å². The first kappa shape index (κ1) is 14.6. The molecule has 2 N–H and O–H groups in total. The first-order chi connectivity index (χ1) is 8.38. The molecule has 2 fully saturated rings. The lowest BCUT2D eigenvalue weighted by molar-refractivity contribution is 0.0851. The Balaban J connectivity index is 2.09. The first-order valence-corrected chi connectivity index (χ1v) is 8.23. The van der Waals surface area contributed by atoms with Gasteiger partial charge in [-0.1, -0.05) is 13.8 Å². The minimum Gasteiger partial charge on any atom is -0.329 e. The van der Waals surface area contributed by atoms with E-state index in [-0.39, 0.29) is 5.54 Å². The van der Waals surface area contributed by atoms with Crippen LogP contribution in [0.2, 0.25) is 0 Å². The molecule has 0 saturated carbocycles. The highest BCUT2D eigenvalue weighted by molar-refractivity contribution is 7.99. The molecule has 2 saturated heterocycles. The van der Waals surface area contributed by atoms with Gasteiger partial charge in [-0.15, -0.1) is 0 Å². The summed E-state index contributed by atoms with van der Waals surface area (Å²) in [5, 5.41) is 0. The lowest BCUT2D eigenvalue weighted by Crippen LogP contribution is -2.59. The fourth-order valence-electron chi connectivity index (χ4n) is 3.57. The average Bonchev–Trinajstić information content (AvgIpc) is 2.77. The second kappa shape index (κ2) is 5.31. The van der Waals surface area contributed by atoms with E-state index in [2.05, 4.69) is 49.5 Å². The molecule has 4 heteroatoms. The van der Waals surface area contributed by atoms with Gasteiger partial charge in [0.05, 0.1) is 0 Å². The van der Waals surface area contributed by atoms with Crippen molar-refractivity contribution >= 4 is 11.8 Å². The molecule has 0 radical (unpaired) electrons. The number of nitrogens with two attached hydrogens (primary N) is 1. The summed E-state index contributed by atoms with van der Waals surface area (Å²) in [6.45, 7) is 8.01. The zero-order chi connectivity index (χ0) is 13.4.